The molecule has 1 amide bonds. The molecule has 1 unspecified atom stereocenters. The lowest BCUT2D eigenvalue weighted by atomic mass is 9.86. The Kier molecular flexibility index (Phi) is 7.96. The quantitative estimate of drug-likeness (QED) is 0.698. The van der Waals surface area contributed by atoms with Crippen LogP contribution in [0.25, 0.3) is 0 Å². The molecule has 18 heavy (non-hydrogen) atoms. The summed E-state index contributed by atoms with van der Waals surface area (Å²) in [6.07, 6.45) is 9.71. The number of carbonyl (C=O) groups is 1. The van der Waals surface area contributed by atoms with Gasteiger partial charge < -0.3 is 5.32 Å². The lowest BCUT2D eigenvalue weighted by Gasteiger charge is -2.21. The monoisotopic (exact) mass is 317 g/mol. The van der Waals surface area contributed by atoms with E-state index < -0.39 is 0 Å². The van der Waals surface area contributed by atoms with Gasteiger partial charge in [0, 0.05) is 17.8 Å². The highest BCUT2D eigenvalue weighted by molar-refractivity contribution is 9.09. The molecule has 1 aliphatic rings. The number of hydrogen-bond acceptors (Lipinski definition) is 1. The number of nitrogens with one attached hydrogen (secondary N) is 1. The zero-order valence-electron chi connectivity index (χ0n) is 11.9. The first-order valence-electron chi connectivity index (χ1n) is 7.48. The number of rotatable bonds is 7. The highest BCUT2D eigenvalue weighted by Gasteiger charge is 2.15. The zero-order chi connectivity index (χ0) is 13.4. The molecule has 0 radical (unpaired) electrons. The van der Waals surface area contributed by atoms with Crippen LogP contribution in [0.4, 0.5) is 0 Å². The van der Waals surface area contributed by atoms with Gasteiger partial charge in [0.15, 0.2) is 0 Å². The van der Waals surface area contributed by atoms with E-state index in [0.29, 0.717) is 17.2 Å². The van der Waals surface area contributed by atoms with Crippen LogP contribution in [0.15, 0.2) is 0 Å². The van der Waals surface area contributed by atoms with E-state index in [9.17, 15) is 4.79 Å². The van der Waals surface area contributed by atoms with E-state index in [1.54, 1.807) is 0 Å². The summed E-state index contributed by atoms with van der Waals surface area (Å²) in [6, 6.07) is 0. The average molecular weight is 318 g/mol. The van der Waals surface area contributed by atoms with Crippen LogP contribution in [0.1, 0.15) is 65.2 Å². The fourth-order valence-electron chi connectivity index (χ4n) is 2.72. The highest BCUT2D eigenvalue weighted by Crippen LogP contribution is 2.27. The van der Waals surface area contributed by atoms with Crippen molar-refractivity contribution in [2.45, 2.75) is 70.0 Å². The van der Waals surface area contributed by atoms with Gasteiger partial charge in [-0.05, 0) is 24.7 Å². The summed E-state index contributed by atoms with van der Waals surface area (Å²) in [7, 11) is 0. The van der Waals surface area contributed by atoms with Crippen molar-refractivity contribution in [3.63, 3.8) is 0 Å². The van der Waals surface area contributed by atoms with E-state index in [2.05, 4.69) is 35.1 Å². The van der Waals surface area contributed by atoms with Crippen molar-refractivity contribution in [3.05, 3.63) is 0 Å². The fraction of sp³-hybridized carbons (Fsp3) is 0.933. The predicted octanol–water partition coefficient (Wildman–Crippen LogP) is 4.27. The Labute approximate surface area is 120 Å². The minimum atomic E-state index is 0.230. The number of halogens is 1. The minimum Gasteiger partial charge on any atom is -0.355 e. The summed E-state index contributed by atoms with van der Waals surface area (Å²) in [5.74, 6) is 1.71. The van der Waals surface area contributed by atoms with E-state index in [0.717, 1.165) is 25.3 Å². The van der Waals surface area contributed by atoms with Crippen molar-refractivity contribution in [3.8, 4) is 0 Å². The van der Waals surface area contributed by atoms with Crippen LogP contribution in [0, 0.1) is 11.8 Å². The SMILES string of the molecule is CC(C)CC(Br)CNC(=O)CCC1CCCCC1. The largest absolute Gasteiger partial charge is 0.355 e. The zero-order valence-corrected chi connectivity index (χ0v) is 13.5. The predicted molar refractivity (Wildman–Crippen MR) is 81.0 cm³/mol. The van der Waals surface area contributed by atoms with Crippen LogP contribution >= 0.6 is 15.9 Å². The molecular weight excluding hydrogens is 290 g/mol. The van der Waals surface area contributed by atoms with Crippen molar-refractivity contribution >= 4 is 21.8 Å². The maximum atomic E-state index is 11.7. The summed E-state index contributed by atoms with van der Waals surface area (Å²) in [6.45, 7) is 5.18. The third kappa shape index (κ3) is 7.40. The number of amides is 1. The lowest BCUT2D eigenvalue weighted by molar-refractivity contribution is -0.121. The standard InChI is InChI=1S/C15H28BrNO/c1-12(2)10-14(16)11-17-15(18)9-8-13-6-4-3-5-7-13/h12-14H,3-11H2,1-2H3,(H,17,18). The van der Waals surface area contributed by atoms with Crippen LogP contribution < -0.4 is 5.32 Å². The summed E-state index contributed by atoms with van der Waals surface area (Å²) >= 11 is 3.62. The second-order valence-corrected chi connectivity index (χ2v) is 7.37. The van der Waals surface area contributed by atoms with E-state index in [-0.39, 0.29) is 5.91 Å². The van der Waals surface area contributed by atoms with Crippen LogP contribution in [0.5, 0.6) is 0 Å². The van der Waals surface area contributed by atoms with Crippen molar-refractivity contribution in [2.75, 3.05) is 6.54 Å². The van der Waals surface area contributed by atoms with Crippen molar-refractivity contribution in [1.29, 1.82) is 0 Å². The van der Waals surface area contributed by atoms with Gasteiger partial charge in [0.05, 0.1) is 0 Å². The van der Waals surface area contributed by atoms with E-state index in [4.69, 9.17) is 0 Å². The van der Waals surface area contributed by atoms with E-state index in [1.165, 1.54) is 32.1 Å². The molecule has 2 nitrogen and oxygen atoms in total. The third-order valence-electron chi connectivity index (χ3n) is 3.75. The van der Waals surface area contributed by atoms with Gasteiger partial charge in [0.1, 0.15) is 0 Å². The van der Waals surface area contributed by atoms with Crippen LogP contribution in [-0.4, -0.2) is 17.3 Å². The molecule has 0 saturated heterocycles. The van der Waals surface area contributed by atoms with E-state index >= 15 is 0 Å². The Balaban J connectivity index is 2.06. The Morgan fingerprint density at radius 1 is 1.28 bits per heavy atom. The molecule has 0 heterocycles. The Morgan fingerprint density at radius 2 is 1.94 bits per heavy atom. The second kappa shape index (κ2) is 8.95. The Hall–Kier alpha value is -0.0500. The summed E-state index contributed by atoms with van der Waals surface area (Å²) in [5.41, 5.74) is 0. The van der Waals surface area contributed by atoms with Gasteiger partial charge in [0.2, 0.25) is 5.91 Å². The molecule has 0 aromatic heterocycles. The maximum absolute atomic E-state index is 11.7. The molecule has 1 saturated carbocycles. The van der Waals surface area contributed by atoms with Crippen molar-refractivity contribution < 1.29 is 4.79 Å². The first-order chi connectivity index (χ1) is 8.58. The summed E-state index contributed by atoms with van der Waals surface area (Å²) in [5, 5.41) is 3.04. The van der Waals surface area contributed by atoms with Crippen LogP contribution in [0.3, 0.4) is 0 Å². The smallest absolute Gasteiger partial charge is 0.220 e. The van der Waals surface area contributed by atoms with Gasteiger partial charge in [-0.3, -0.25) is 4.79 Å². The first-order valence-corrected chi connectivity index (χ1v) is 8.40. The van der Waals surface area contributed by atoms with Gasteiger partial charge in [0.25, 0.3) is 0 Å². The normalized spacial score (nSPS) is 18.9. The second-order valence-electron chi connectivity index (χ2n) is 6.07. The number of alkyl halides is 1. The van der Waals surface area contributed by atoms with Gasteiger partial charge in [-0.1, -0.05) is 61.9 Å². The molecule has 106 valence electrons. The molecule has 1 atom stereocenters. The lowest BCUT2D eigenvalue weighted by Crippen LogP contribution is -2.30. The van der Waals surface area contributed by atoms with Gasteiger partial charge in [-0.2, -0.15) is 0 Å². The van der Waals surface area contributed by atoms with Crippen LogP contribution in [0.2, 0.25) is 0 Å². The molecular formula is C15H28BrNO. The van der Waals surface area contributed by atoms with Gasteiger partial charge in [-0.25, -0.2) is 0 Å². The molecule has 3 heteroatoms. The van der Waals surface area contributed by atoms with Crippen LogP contribution in [-0.2, 0) is 4.79 Å². The molecule has 1 fully saturated rings. The molecule has 0 spiro atoms. The molecule has 0 aromatic carbocycles. The third-order valence-corrected chi connectivity index (χ3v) is 4.45. The van der Waals surface area contributed by atoms with Gasteiger partial charge in [-0.15, -0.1) is 0 Å². The average Bonchev–Trinajstić information content (AvgIpc) is 2.34. The molecule has 1 aliphatic carbocycles. The highest BCUT2D eigenvalue weighted by atomic mass is 79.9. The maximum Gasteiger partial charge on any atom is 0.220 e. The summed E-state index contributed by atoms with van der Waals surface area (Å²) in [4.78, 5) is 12.2. The molecule has 1 N–H and O–H groups in total. The first kappa shape index (κ1) is 16.0. The minimum absolute atomic E-state index is 0.230. The molecule has 1 rings (SSSR count). The Bertz CT molecular complexity index is 237. The van der Waals surface area contributed by atoms with Crippen molar-refractivity contribution in [1.82, 2.24) is 5.32 Å². The number of carbonyl (C=O) groups excluding carboxylic acids is 1. The summed E-state index contributed by atoms with van der Waals surface area (Å²) < 4.78 is 0. The topological polar surface area (TPSA) is 29.1 Å². The fourth-order valence-corrected chi connectivity index (χ4v) is 3.63. The van der Waals surface area contributed by atoms with Crippen molar-refractivity contribution in [2.24, 2.45) is 11.8 Å². The molecule has 0 aliphatic heterocycles. The Morgan fingerprint density at radius 3 is 2.56 bits per heavy atom. The molecule has 0 aromatic rings. The van der Waals surface area contributed by atoms with E-state index in [1.807, 2.05) is 0 Å². The molecule has 0 bridgehead atoms. The van der Waals surface area contributed by atoms with Gasteiger partial charge >= 0.3 is 0 Å². The number of hydrogen-bond donors (Lipinski definition) is 1.